The number of amides is 2. The molecule has 2 N–H and O–H groups in total. The van der Waals surface area contributed by atoms with Crippen LogP contribution in [0.3, 0.4) is 0 Å². The van der Waals surface area contributed by atoms with Crippen LogP contribution in [0.4, 0.5) is 10.5 Å². The Morgan fingerprint density at radius 3 is 2.83 bits per heavy atom. The van der Waals surface area contributed by atoms with Crippen molar-refractivity contribution in [3.05, 3.63) is 42.0 Å². The highest BCUT2D eigenvalue weighted by Crippen LogP contribution is 2.36. The van der Waals surface area contributed by atoms with Gasteiger partial charge < -0.3 is 19.3 Å². The topological polar surface area (TPSA) is 118 Å². The fraction of sp³-hybridized carbons (Fsp3) is 0.500. The first-order valence-corrected chi connectivity index (χ1v) is 11.8. The zero-order valence-electron chi connectivity index (χ0n) is 20.6. The number of rotatable bonds is 8. The van der Waals surface area contributed by atoms with Gasteiger partial charge in [0.25, 0.3) is 0 Å². The molecular weight excluding hydrogens is 450 g/mol. The van der Waals surface area contributed by atoms with Crippen molar-refractivity contribution in [1.29, 1.82) is 0 Å². The van der Waals surface area contributed by atoms with Gasteiger partial charge in [0.1, 0.15) is 12.1 Å². The monoisotopic (exact) mass is 483 g/mol. The maximum Gasteiger partial charge on any atom is 0.414 e. The van der Waals surface area contributed by atoms with Crippen LogP contribution in [0.25, 0.3) is 11.0 Å². The number of nitrogens with zero attached hydrogens (tertiary/aromatic N) is 6. The molecule has 0 saturated heterocycles. The first-order chi connectivity index (χ1) is 16.8. The Labute approximate surface area is 204 Å². The van der Waals surface area contributed by atoms with Gasteiger partial charge in [-0.25, -0.2) is 9.78 Å². The summed E-state index contributed by atoms with van der Waals surface area (Å²) in [5.74, 6) is 0.677. The predicted octanol–water partition coefficient (Wildman–Crippen LogP) is 1.38. The van der Waals surface area contributed by atoms with Crippen LogP contribution >= 0.6 is 0 Å². The molecule has 0 aliphatic carbocycles. The van der Waals surface area contributed by atoms with Crippen LogP contribution < -0.4 is 10.2 Å². The molecule has 1 aliphatic heterocycles. The average Bonchev–Trinajstić information content (AvgIpc) is 3.48. The molecule has 3 heterocycles. The minimum Gasteiger partial charge on any atom is -0.452 e. The van der Waals surface area contributed by atoms with E-state index in [-0.39, 0.29) is 31.1 Å². The molecule has 188 valence electrons. The molecule has 2 aromatic heterocycles. The van der Waals surface area contributed by atoms with E-state index in [1.807, 2.05) is 40.6 Å². The molecule has 1 aliphatic rings. The molecule has 0 fully saturated rings. The Hall–Kier alpha value is -3.44. The van der Waals surface area contributed by atoms with E-state index in [1.165, 1.54) is 12.0 Å². The van der Waals surface area contributed by atoms with Gasteiger partial charge in [0.2, 0.25) is 5.91 Å². The molecule has 11 nitrogen and oxygen atoms in total. The number of imidazole rings is 1. The third-order valence-electron chi connectivity index (χ3n) is 6.43. The highest BCUT2D eigenvalue weighted by atomic mass is 16.5. The normalized spacial score (nSPS) is 16.3. The Morgan fingerprint density at radius 2 is 2.14 bits per heavy atom. The summed E-state index contributed by atoms with van der Waals surface area (Å²) in [7, 11) is 4.74. The summed E-state index contributed by atoms with van der Waals surface area (Å²) in [4.78, 5) is 32.6. The predicted molar refractivity (Wildman–Crippen MR) is 131 cm³/mol. The van der Waals surface area contributed by atoms with E-state index < -0.39 is 6.23 Å². The van der Waals surface area contributed by atoms with Gasteiger partial charge in [-0.05, 0) is 38.0 Å². The second kappa shape index (κ2) is 10.4. The summed E-state index contributed by atoms with van der Waals surface area (Å²) < 4.78 is 8.85. The number of hydrogen-bond donors (Lipinski definition) is 2. The van der Waals surface area contributed by atoms with Crippen LogP contribution in [0.1, 0.15) is 24.7 Å². The number of methoxy groups -OCH3 is 1. The lowest BCUT2D eigenvalue weighted by molar-refractivity contribution is -0.128. The Morgan fingerprint density at radius 1 is 1.34 bits per heavy atom. The third kappa shape index (κ3) is 5.15. The number of hydrogen-bond acceptors (Lipinski definition) is 7. The SMILES string of the molecule is COC(=O)N1c2ccc3c(nc(CCn4cccn4)n3CC(O)NCC(=O)N(C)C)c2CC[C@@H]1C. The molecule has 35 heavy (non-hydrogen) atoms. The van der Waals surface area contributed by atoms with Crippen molar-refractivity contribution in [2.75, 3.05) is 32.6 Å². The van der Waals surface area contributed by atoms with Crippen LogP contribution in [-0.2, 0) is 35.5 Å². The number of aliphatic hydroxyl groups excluding tert-OH is 1. The van der Waals surface area contributed by atoms with Gasteiger partial charge in [-0.3, -0.25) is 19.7 Å². The first-order valence-electron chi connectivity index (χ1n) is 11.8. The number of nitrogens with one attached hydrogen (secondary N) is 1. The van der Waals surface area contributed by atoms with E-state index in [0.29, 0.717) is 13.0 Å². The van der Waals surface area contributed by atoms with Crippen molar-refractivity contribution < 1.29 is 19.4 Å². The second-order valence-electron chi connectivity index (χ2n) is 9.00. The quantitative estimate of drug-likeness (QED) is 0.465. The molecule has 11 heteroatoms. The smallest absolute Gasteiger partial charge is 0.414 e. The average molecular weight is 484 g/mol. The van der Waals surface area contributed by atoms with Gasteiger partial charge in [-0.1, -0.05) is 0 Å². The van der Waals surface area contributed by atoms with Gasteiger partial charge in [0.15, 0.2) is 0 Å². The summed E-state index contributed by atoms with van der Waals surface area (Å²) in [6.07, 6.45) is 4.49. The molecule has 2 atom stereocenters. The molecule has 0 spiro atoms. The van der Waals surface area contributed by atoms with Crippen LogP contribution in [-0.4, -0.2) is 81.4 Å². The van der Waals surface area contributed by atoms with E-state index in [2.05, 4.69) is 10.4 Å². The summed E-state index contributed by atoms with van der Waals surface area (Å²) in [6.45, 7) is 2.90. The molecule has 0 saturated carbocycles. The summed E-state index contributed by atoms with van der Waals surface area (Å²) in [6, 6.07) is 5.76. The standard InChI is InChI=1S/C24H33N7O4/c1-16-6-7-17-18(31(16)24(34)35-4)8-9-19-23(17)27-20(10-13-29-12-5-11-26-29)30(19)15-21(32)25-14-22(33)28(2)3/h5,8-9,11-12,16,21,25,32H,6-7,10,13-15H2,1-4H3/t16-,21?/m0/s1. The van der Waals surface area contributed by atoms with E-state index in [1.54, 1.807) is 25.2 Å². The molecule has 1 aromatic carbocycles. The van der Waals surface area contributed by atoms with E-state index in [4.69, 9.17) is 9.72 Å². The number of carbonyl (C=O) groups excluding carboxylic acids is 2. The highest BCUT2D eigenvalue weighted by Gasteiger charge is 2.31. The Balaban J connectivity index is 1.69. The fourth-order valence-corrected chi connectivity index (χ4v) is 4.50. The third-order valence-corrected chi connectivity index (χ3v) is 6.43. The van der Waals surface area contributed by atoms with Crippen molar-refractivity contribution >= 4 is 28.7 Å². The van der Waals surface area contributed by atoms with Crippen molar-refractivity contribution in [2.24, 2.45) is 0 Å². The number of ether oxygens (including phenoxy) is 1. The molecular formula is C24H33N7O4. The van der Waals surface area contributed by atoms with E-state index in [9.17, 15) is 14.7 Å². The van der Waals surface area contributed by atoms with Crippen molar-refractivity contribution in [2.45, 2.75) is 51.5 Å². The van der Waals surface area contributed by atoms with E-state index in [0.717, 1.165) is 41.0 Å². The van der Waals surface area contributed by atoms with Crippen molar-refractivity contribution in [3.63, 3.8) is 0 Å². The number of aryl methyl sites for hydroxylation is 3. The van der Waals surface area contributed by atoms with Crippen LogP contribution in [0.2, 0.25) is 0 Å². The largest absolute Gasteiger partial charge is 0.452 e. The number of aliphatic hydroxyl groups is 1. The number of anilines is 1. The lowest BCUT2D eigenvalue weighted by atomic mass is 9.96. The summed E-state index contributed by atoms with van der Waals surface area (Å²) in [5.41, 5.74) is 3.49. The first kappa shape index (κ1) is 24.7. The number of carbonyl (C=O) groups is 2. The Kier molecular flexibility index (Phi) is 7.37. The second-order valence-corrected chi connectivity index (χ2v) is 9.00. The highest BCUT2D eigenvalue weighted by molar-refractivity contribution is 5.95. The Bertz CT molecular complexity index is 1190. The lowest BCUT2D eigenvalue weighted by Gasteiger charge is -2.34. The maximum absolute atomic E-state index is 12.5. The molecule has 0 bridgehead atoms. The van der Waals surface area contributed by atoms with Gasteiger partial charge in [0.05, 0.1) is 36.9 Å². The minimum atomic E-state index is -0.942. The zero-order chi connectivity index (χ0) is 25.1. The van der Waals surface area contributed by atoms with Crippen LogP contribution in [0.5, 0.6) is 0 Å². The lowest BCUT2D eigenvalue weighted by Crippen LogP contribution is -2.42. The molecule has 3 aromatic rings. The van der Waals surface area contributed by atoms with E-state index >= 15 is 0 Å². The number of aromatic nitrogens is 4. The van der Waals surface area contributed by atoms with Gasteiger partial charge >= 0.3 is 6.09 Å². The van der Waals surface area contributed by atoms with Gasteiger partial charge in [0, 0.05) is 51.1 Å². The summed E-state index contributed by atoms with van der Waals surface area (Å²) in [5, 5.41) is 17.9. The minimum absolute atomic E-state index is 0.0222. The fourth-order valence-electron chi connectivity index (χ4n) is 4.50. The zero-order valence-corrected chi connectivity index (χ0v) is 20.6. The van der Waals surface area contributed by atoms with Crippen LogP contribution in [0.15, 0.2) is 30.6 Å². The molecule has 1 unspecified atom stereocenters. The molecule has 0 radical (unpaired) electrons. The number of fused-ring (bicyclic) bond motifs is 3. The summed E-state index contributed by atoms with van der Waals surface area (Å²) >= 11 is 0. The maximum atomic E-state index is 12.5. The van der Waals surface area contributed by atoms with Gasteiger partial charge in [-0.2, -0.15) is 5.10 Å². The number of likely N-dealkylation sites (N-methyl/N-ethyl adjacent to an activating group) is 1. The van der Waals surface area contributed by atoms with Crippen molar-refractivity contribution in [1.82, 2.24) is 29.5 Å². The molecule has 2 amide bonds. The van der Waals surface area contributed by atoms with Gasteiger partial charge in [-0.15, -0.1) is 0 Å². The molecule has 4 rings (SSSR count). The van der Waals surface area contributed by atoms with Crippen molar-refractivity contribution in [3.8, 4) is 0 Å². The number of benzene rings is 1. The van der Waals surface area contributed by atoms with Crippen LogP contribution in [0, 0.1) is 0 Å².